The molecular formula is C17H14ClF3N2O. The molecule has 2 aromatic rings. The quantitative estimate of drug-likeness (QED) is 0.770. The molecule has 126 valence electrons. The van der Waals surface area contributed by atoms with Crippen molar-refractivity contribution in [3.63, 3.8) is 0 Å². The second-order valence-electron chi connectivity index (χ2n) is 5.35. The lowest BCUT2D eigenvalue weighted by Gasteiger charge is -2.34. The molecule has 7 heteroatoms. The van der Waals surface area contributed by atoms with Gasteiger partial charge in [0.1, 0.15) is 17.1 Å². The maximum Gasteiger partial charge on any atom is 0.416 e. The van der Waals surface area contributed by atoms with Crippen molar-refractivity contribution >= 4 is 22.5 Å². The number of aliphatic imine (C=N–C) groups is 1. The predicted molar refractivity (Wildman–Crippen MR) is 88.0 cm³/mol. The summed E-state index contributed by atoms with van der Waals surface area (Å²) in [6.45, 7) is 0. The van der Waals surface area contributed by atoms with Crippen LogP contribution in [0, 0.1) is 0 Å². The standard InChI is InChI=1S/C17H14ClF3N2O/c1-23-14-11(7-5-9-13(14)24-2)15(18)22-16(23)10-6-3-4-8-12(10)17(19,20)21/h3-9,16H,1-2H3. The Morgan fingerprint density at radius 1 is 1.12 bits per heavy atom. The normalized spacial score (nSPS) is 17.3. The average Bonchev–Trinajstić information content (AvgIpc) is 2.56. The molecule has 24 heavy (non-hydrogen) atoms. The molecule has 3 nitrogen and oxygen atoms in total. The monoisotopic (exact) mass is 354 g/mol. The molecule has 0 aliphatic carbocycles. The number of halogens is 4. The van der Waals surface area contributed by atoms with Gasteiger partial charge in [0.15, 0.2) is 0 Å². The molecule has 2 aromatic carbocycles. The van der Waals surface area contributed by atoms with E-state index >= 15 is 0 Å². The van der Waals surface area contributed by atoms with Gasteiger partial charge in [0.05, 0.1) is 18.4 Å². The van der Waals surface area contributed by atoms with E-state index in [4.69, 9.17) is 16.3 Å². The molecule has 0 fully saturated rings. The zero-order chi connectivity index (χ0) is 17.5. The van der Waals surface area contributed by atoms with E-state index in [-0.39, 0.29) is 10.7 Å². The lowest BCUT2D eigenvalue weighted by molar-refractivity contribution is -0.138. The third-order valence-corrected chi connectivity index (χ3v) is 4.24. The summed E-state index contributed by atoms with van der Waals surface area (Å²) in [7, 11) is 3.17. The highest BCUT2D eigenvalue weighted by Gasteiger charge is 2.38. The maximum atomic E-state index is 13.3. The first-order valence-corrected chi connectivity index (χ1v) is 7.52. The Hall–Kier alpha value is -2.21. The predicted octanol–water partition coefficient (Wildman–Crippen LogP) is 4.85. The molecule has 0 aromatic heterocycles. The van der Waals surface area contributed by atoms with Gasteiger partial charge in [-0.3, -0.25) is 0 Å². The number of ether oxygens (including phenoxy) is 1. The van der Waals surface area contributed by atoms with E-state index in [0.29, 0.717) is 17.0 Å². The van der Waals surface area contributed by atoms with E-state index in [1.807, 2.05) is 0 Å². The molecule has 1 heterocycles. The maximum absolute atomic E-state index is 13.3. The van der Waals surface area contributed by atoms with Crippen LogP contribution in [0.4, 0.5) is 18.9 Å². The Morgan fingerprint density at radius 2 is 1.83 bits per heavy atom. The number of nitrogens with zero attached hydrogens (tertiary/aromatic N) is 2. The minimum Gasteiger partial charge on any atom is -0.495 e. The van der Waals surface area contributed by atoms with E-state index in [0.717, 1.165) is 6.07 Å². The highest BCUT2D eigenvalue weighted by Crippen LogP contribution is 2.44. The molecule has 0 saturated carbocycles. The minimum absolute atomic E-state index is 0.0437. The molecule has 0 saturated heterocycles. The Balaban J connectivity index is 2.18. The van der Waals surface area contributed by atoms with Crippen molar-refractivity contribution in [2.45, 2.75) is 12.3 Å². The number of methoxy groups -OCH3 is 1. The van der Waals surface area contributed by atoms with Gasteiger partial charge in [-0.2, -0.15) is 13.2 Å². The molecule has 0 radical (unpaired) electrons. The molecule has 1 unspecified atom stereocenters. The lowest BCUT2D eigenvalue weighted by Crippen LogP contribution is -2.30. The summed E-state index contributed by atoms with van der Waals surface area (Å²) in [6.07, 6.45) is -5.36. The molecule has 0 bridgehead atoms. The van der Waals surface area contributed by atoms with Crippen molar-refractivity contribution in [1.29, 1.82) is 0 Å². The van der Waals surface area contributed by atoms with Crippen LogP contribution in [-0.4, -0.2) is 19.3 Å². The topological polar surface area (TPSA) is 24.8 Å². The molecule has 0 amide bonds. The Labute approximate surface area is 142 Å². The Morgan fingerprint density at radius 3 is 2.50 bits per heavy atom. The highest BCUT2D eigenvalue weighted by molar-refractivity contribution is 6.70. The van der Waals surface area contributed by atoms with Crippen molar-refractivity contribution in [2.75, 3.05) is 19.1 Å². The molecule has 0 N–H and O–H groups in total. The van der Waals surface area contributed by atoms with Crippen LogP contribution in [0.25, 0.3) is 0 Å². The minimum atomic E-state index is -4.47. The molecule has 1 aliphatic heterocycles. The van der Waals surface area contributed by atoms with Crippen LogP contribution < -0.4 is 9.64 Å². The summed E-state index contributed by atoms with van der Waals surface area (Å²) in [5, 5.41) is 0.156. The molecule has 0 spiro atoms. The second-order valence-corrected chi connectivity index (χ2v) is 5.70. The second kappa shape index (κ2) is 6.02. The number of benzene rings is 2. The number of fused-ring (bicyclic) bond motifs is 1. The summed E-state index contributed by atoms with van der Waals surface area (Å²) in [4.78, 5) is 5.92. The molecule has 1 atom stereocenters. The zero-order valence-corrected chi connectivity index (χ0v) is 13.7. The van der Waals surface area contributed by atoms with Gasteiger partial charge in [-0.05, 0) is 18.2 Å². The van der Waals surface area contributed by atoms with Gasteiger partial charge in [0.2, 0.25) is 0 Å². The van der Waals surface area contributed by atoms with Crippen LogP contribution in [-0.2, 0) is 6.18 Å². The summed E-state index contributed by atoms with van der Waals surface area (Å²) in [6, 6.07) is 10.6. The van der Waals surface area contributed by atoms with Gasteiger partial charge in [-0.15, -0.1) is 0 Å². The number of anilines is 1. The van der Waals surface area contributed by atoms with E-state index in [2.05, 4.69) is 4.99 Å². The van der Waals surface area contributed by atoms with Crippen molar-refractivity contribution in [3.8, 4) is 5.75 Å². The van der Waals surface area contributed by atoms with Crippen molar-refractivity contribution in [3.05, 3.63) is 59.2 Å². The van der Waals surface area contributed by atoms with E-state index in [9.17, 15) is 13.2 Å². The van der Waals surface area contributed by atoms with Crippen LogP contribution in [0.1, 0.15) is 22.9 Å². The van der Waals surface area contributed by atoms with Crippen LogP contribution in [0.15, 0.2) is 47.5 Å². The third kappa shape index (κ3) is 2.71. The first-order valence-electron chi connectivity index (χ1n) is 7.14. The molecular weight excluding hydrogens is 341 g/mol. The van der Waals surface area contributed by atoms with Crippen molar-refractivity contribution in [2.24, 2.45) is 4.99 Å². The smallest absolute Gasteiger partial charge is 0.416 e. The summed E-state index contributed by atoms with van der Waals surface area (Å²) in [5.74, 6) is 0.525. The Bertz CT molecular complexity index is 805. The van der Waals surface area contributed by atoms with Crippen LogP contribution in [0.3, 0.4) is 0 Å². The van der Waals surface area contributed by atoms with Crippen molar-refractivity contribution in [1.82, 2.24) is 0 Å². The van der Waals surface area contributed by atoms with Gasteiger partial charge >= 0.3 is 6.18 Å². The fourth-order valence-corrected chi connectivity index (χ4v) is 3.11. The fraction of sp³-hybridized carbons (Fsp3) is 0.235. The van der Waals surface area contributed by atoms with Gasteiger partial charge in [-0.1, -0.05) is 35.9 Å². The van der Waals surface area contributed by atoms with Crippen LogP contribution >= 0.6 is 11.6 Å². The van der Waals surface area contributed by atoms with Crippen LogP contribution in [0.5, 0.6) is 5.75 Å². The summed E-state index contributed by atoms with van der Waals surface area (Å²) >= 11 is 6.24. The van der Waals surface area contributed by atoms with E-state index in [1.54, 1.807) is 36.2 Å². The first-order chi connectivity index (χ1) is 11.3. The molecule has 3 rings (SSSR count). The summed E-state index contributed by atoms with van der Waals surface area (Å²) < 4.78 is 45.4. The largest absolute Gasteiger partial charge is 0.495 e. The average molecular weight is 355 g/mol. The van der Waals surface area contributed by atoms with E-state index < -0.39 is 17.9 Å². The first kappa shape index (κ1) is 16.6. The fourth-order valence-electron chi connectivity index (χ4n) is 2.86. The Kier molecular flexibility index (Phi) is 4.17. The molecule has 1 aliphatic rings. The van der Waals surface area contributed by atoms with E-state index in [1.165, 1.54) is 19.2 Å². The number of para-hydroxylation sites is 1. The van der Waals surface area contributed by atoms with Crippen LogP contribution in [0.2, 0.25) is 0 Å². The van der Waals surface area contributed by atoms with Gasteiger partial charge in [-0.25, -0.2) is 4.99 Å². The van der Waals surface area contributed by atoms with Gasteiger partial charge in [0, 0.05) is 18.2 Å². The number of rotatable bonds is 2. The number of alkyl halides is 3. The SMILES string of the molecule is COc1cccc2c1N(C)C(c1ccccc1C(F)(F)F)N=C2Cl. The highest BCUT2D eigenvalue weighted by atomic mass is 35.5. The number of hydrogen-bond donors (Lipinski definition) is 0. The third-order valence-electron chi connectivity index (χ3n) is 3.94. The van der Waals surface area contributed by atoms with Crippen molar-refractivity contribution < 1.29 is 17.9 Å². The van der Waals surface area contributed by atoms with Gasteiger partial charge < -0.3 is 9.64 Å². The lowest BCUT2D eigenvalue weighted by atomic mass is 10.0. The summed E-state index contributed by atoms with van der Waals surface area (Å²) in [5.41, 5.74) is 0.553. The zero-order valence-electron chi connectivity index (χ0n) is 12.9. The van der Waals surface area contributed by atoms with Gasteiger partial charge in [0.25, 0.3) is 0 Å². The number of hydrogen-bond acceptors (Lipinski definition) is 3.